The number of rotatable bonds is 6. The summed E-state index contributed by atoms with van der Waals surface area (Å²) in [5.74, 6) is -0.0754. The summed E-state index contributed by atoms with van der Waals surface area (Å²) in [6.07, 6.45) is 0.731. The number of carbonyl (C=O) groups excluding carboxylic acids is 1. The van der Waals surface area contributed by atoms with Crippen molar-refractivity contribution in [1.82, 2.24) is 10.0 Å². The molecule has 1 aliphatic rings. The second-order valence-electron chi connectivity index (χ2n) is 7.20. The largest absolute Gasteiger partial charge is 0.348 e. The minimum atomic E-state index is -3.65. The van der Waals surface area contributed by atoms with Crippen molar-refractivity contribution in [1.29, 1.82) is 0 Å². The lowest BCUT2D eigenvalue weighted by Crippen LogP contribution is -2.40. The smallest absolute Gasteiger partial charge is 0.263 e. The SMILES string of the molecule is CC[C@H](C)[C@H](N=C1NS(=O)(=O)c2ccccc21)C(=O)NC(C)c1cccc(Br)c1. The van der Waals surface area contributed by atoms with E-state index in [1.807, 2.05) is 45.0 Å². The van der Waals surface area contributed by atoms with E-state index >= 15 is 0 Å². The first-order valence-corrected chi connectivity index (χ1v) is 11.8. The molecule has 1 heterocycles. The van der Waals surface area contributed by atoms with E-state index in [-0.39, 0.29) is 28.6 Å². The number of sulfonamides is 1. The Kier molecular flexibility index (Phi) is 6.43. The fourth-order valence-corrected chi connectivity index (χ4v) is 4.85. The van der Waals surface area contributed by atoms with Gasteiger partial charge in [0.05, 0.1) is 10.9 Å². The van der Waals surface area contributed by atoms with Crippen LogP contribution >= 0.6 is 15.9 Å². The maximum Gasteiger partial charge on any atom is 0.263 e. The summed E-state index contributed by atoms with van der Waals surface area (Å²) in [4.78, 5) is 17.8. The van der Waals surface area contributed by atoms with Crippen LogP contribution in [0.25, 0.3) is 0 Å². The zero-order valence-corrected chi connectivity index (χ0v) is 18.9. The van der Waals surface area contributed by atoms with Crippen molar-refractivity contribution in [3.63, 3.8) is 0 Å². The first-order valence-electron chi connectivity index (χ1n) is 9.48. The number of nitrogens with one attached hydrogen (secondary N) is 2. The fraction of sp³-hybridized carbons (Fsp3) is 0.333. The monoisotopic (exact) mass is 477 g/mol. The quantitative estimate of drug-likeness (QED) is 0.663. The Hall–Kier alpha value is -2.19. The van der Waals surface area contributed by atoms with Crippen molar-refractivity contribution < 1.29 is 13.2 Å². The average molecular weight is 478 g/mol. The van der Waals surface area contributed by atoms with Gasteiger partial charge in [-0.1, -0.05) is 60.5 Å². The van der Waals surface area contributed by atoms with Crippen LogP contribution in [0.3, 0.4) is 0 Å². The van der Waals surface area contributed by atoms with E-state index in [4.69, 9.17) is 0 Å². The Bertz CT molecular complexity index is 1050. The van der Waals surface area contributed by atoms with Gasteiger partial charge in [0.2, 0.25) is 5.91 Å². The highest BCUT2D eigenvalue weighted by Gasteiger charge is 2.33. The zero-order chi connectivity index (χ0) is 21.2. The van der Waals surface area contributed by atoms with Gasteiger partial charge in [0.15, 0.2) is 0 Å². The van der Waals surface area contributed by atoms with E-state index in [9.17, 15) is 13.2 Å². The molecule has 8 heteroatoms. The van der Waals surface area contributed by atoms with Crippen molar-refractivity contribution in [2.45, 2.75) is 44.2 Å². The molecular weight excluding hydrogens is 454 g/mol. The molecule has 1 aliphatic heterocycles. The number of nitrogens with zero attached hydrogens (tertiary/aromatic N) is 1. The second-order valence-corrected chi connectivity index (χ2v) is 9.76. The number of carbonyl (C=O) groups is 1. The summed E-state index contributed by atoms with van der Waals surface area (Å²) in [5, 5.41) is 3.01. The molecule has 2 N–H and O–H groups in total. The third-order valence-corrected chi connectivity index (χ3v) is 6.98. The normalized spacial score (nSPS) is 19.1. The lowest BCUT2D eigenvalue weighted by Gasteiger charge is -2.22. The van der Waals surface area contributed by atoms with Crippen LogP contribution in [0.15, 0.2) is 62.9 Å². The molecule has 0 spiro atoms. The number of hydrogen-bond acceptors (Lipinski definition) is 4. The number of amides is 1. The summed E-state index contributed by atoms with van der Waals surface area (Å²) >= 11 is 3.44. The number of fused-ring (bicyclic) bond motifs is 1. The van der Waals surface area contributed by atoms with Crippen LogP contribution in [0.1, 0.15) is 44.4 Å². The van der Waals surface area contributed by atoms with Crippen LogP contribution in [0.2, 0.25) is 0 Å². The minimum absolute atomic E-state index is 0.0607. The maximum atomic E-state index is 13.1. The lowest BCUT2D eigenvalue weighted by molar-refractivity contribution is -0.124. The van der Waals surface area contributed by atoms with Gasteiger partial charge in [-0.25, -0.2) is 8.42 Å². The minimum Gasteiger partial charge on any atom is -0.348 e. The fourth-order valence-electron chi connectivity index (χ4n) is 3.19. The summed E-state index contributed by atoms with van der Waals surface area (Å²) in [6.45, 7) is 5.83. The number of benzene rings is 2. The van der Waals surface area contributed by atoms with Gasteiger partial charge in [0.1, 0.15) is 11.9 Å². The second kappa shape index (κ2) is 8.67. The number of halogens is 1. The van der Waals surface area contributed by atoms with Gasteiger partial charge in [-0.3, -0.25) is 14.5 Å². The molecule has 2 aromatic carbocycles. The molecular formula is C21H24BrN3O3S. The predicted octanol–water partition coefficient (Wildman–Crippen LogP) is 3.78. The van der Waals surface area contributed by atoms with Gasteiger partial charge in [0.25, 0.3) is 10.0 Å². The number of aliphatic imine (C=N–C) groups is 1. The molecule has 154 valence electrons. The molecule has 3 rings (SSSR count). The third-order valence-electron chi connectivity index (χ3n) is 5.09. The summed E-state index contributed by atoms with van der Waals surface area (Å²) in [5.41, 5.74) is 1.46. The van der Waals surface area contributed by atoms with E-state index in [1.165, 1.54) is 6.07 Å². The van der Waals surface area contributed by atoms with Crippen molar-refractivity contribution in [2.75, 3.05) is 0 Å². The maximum absolute atomic E-state index is 13.1. The molecule has 0 fully saturated rings. The molecule has 1 amide bonds. The van der Waals surface area contributed by atoms with Gasteiger partial charge in [-0.05, 0) is 42.7 Å². The number of hydrogen-bond donors (Lipinski definition) is 2. The highest BCUT2D eigenvalue weighted by atomic mass is 79.9. The van der Waals surface area contributed by atoms with E-state index < -0.39 is 16.1 Å². The van der Waals surface area contributed by atoms with Gasteiger partial charge in [0, 0.05) is 10.0 Å². The third kappa shape index (κ3) is 4.70. The Balaban J connectivity index is 1.89. The van der Waals surface area contributed by atoms with Crippen molar-refractivity contribution in [3.05, 3.63) is 64.1 Å². The molecule has 0 aliphatic carbocycles. The summed E-state index contributed by atoms with van der Waals surface area (Å²) in [6, 6.07) is 13.5. The van der Waals surface area contributed by atoms with E-state index in [2.05, 4.69) is 31.0 Å². The van der Waals surface area contributed by atoms with Crippen LogP contribution in [0.4, 0.5) is 0 Å². The molecule has 0 aromatic heterocycles. The Morgan fingerprint density at radius 1 is 1.17 bits per heavy atom. The molecule has 1 unspecified atom stereocenters. The van der Waals surface area contributed by atoms with Crippen LogP contribution in [0.5, 0.6) is 0 Å². The molecule has 0 saturated carbocycles. The molecule has 2 aromatic rings. The summed E-state index contributed by atoms with van der Waals surface area (Å²) < 4.78 is 28.1. The molecule has 0 bridgehead atoms. The molecule has 0 saturated heterocycles. The van der Waals surface area contributed by atoms with E-state index in [0.29, 0.717) is 5.56 Å². The highest BCUT2D eigenvalue weighted by molar-refractivity contribution is 9.10. The first kappa shape index (κ1) is 21.5. The van der Waals surface area contributed by atoms with Crippen molar-refractivity contribution >= 4 is 37.7 Å². The summed E-state index contributed by atoms with van der Waals surface area (Å²) in [7, 11) is -3.65. The molecule has 29 heavy (non-hydrogen) atoms. The van der Waals surface area contributed by atoms with Gasteiger partial charge >= 0.3 is 0 Å². The standard InChI is InChI=1S/C21H24BrN3O3S/c1-4-13(2)19(21(26)23-14(3)15-8-7-9-16(22)12-15)24-20-17-10-5-6-11-18(17)29(27,28)25-20/h5-14,19H,4H2,1-3H3,(H,23,26)(H,24,25)/t13-,14?,19-/m0/s1. The Morgan fingerprint density at radius 3 is 2.59 bits per heavy atom. The highest BCUT2D eigenvalue weighted by Crippen LogP contribution is 2.24. The van der Waals surface area contributed by atoms with Gasteiger partial charge < -0.3 is 5.32 Å². The van der Waals surface area contributed by atoms with Crippen LogP contribution < -0.4 is 10.0 Å². The van der Waals surface area contributed by atoms with Crippen LogP contribution in [-0.2, 0) is 14.8 Å². The van der Waals surface area contributed by atoms with E-state index in [1.54, 1.807) is 18.2 Å². The van der Waals surface area contributed by atoms with Crippen LogP contribution in [-0.4, -0.2) is 26.2 Å². The Morgan fingerprint density at radius 2 is 1.90 bits per heavy atom. The topological polar surface area (TPSA) is 87.6 Å². The lowest BCUT2D eigenvalue weighted by atomic mass is 9.98. The van der Waals surface area contributed by atoms with Crippen molar-refractivity contribution in [2.24, 2.45) is 10.9 Å². The molecule has 0 radical (unpaired) electrons. The number of amidine groups is 1. The first-order chi connectivity index (χ1) is 13.7. The predicted molar refractivity (Wildman–Crippen MR) is 117 cm³/mol. The van der Waals surface area contributed by atoms with Gasteiger partial charge in [-0.15, -0.1) is 0 Å². The van der Waals surface area contributed by atoms with Crippen molar-refractivity contribution in [3.8, 4) is 0 Å². The van der Waals surface area contributed by atoms with Gasteiger partial charge in [-0.2, -0.15) is 0 Å². The Labute approximate surface area is 180 Å². The zero-order valence-electron chi connectivity index (χ0n) is 16.5. The van der Waals surface area contributed by atoms with E-state index in [0.717, 1.165) is 16.5 Å². The van der Waals surface area contributed by atoms with Crippen LogP contribution in [0, 0.1) is 5.92 Å². The average Bonchev–Trinajstić information content (AvgIpc) is 2.96. The molecule has 6 nitrogen and oxygen atoms in total. The molecule has 3 atom stereocenters.